The van der Waals surface area contributed by atoms with Gasteiger partial charge in [-0.2, -0.15) is 4.39 Å². The van der Waals surface area contributed by atoms with Crippen molar-refractivity contribution < 1.29 is 26.7 Å². The van der Waals surface area contributed by atoms with Crippen LogP contribution in [0.1, 0.15) is 31.7 Å². The van der Waals surface area contributed by atoms with Crippen LogP contribution in [0.2, 0.25) is 0 Å². The Morgan fingerprint density at radius 3 is 2.10 bits per heavy atom. The van der Waals surface area contributed by atoms with E-state index in [4.69, 9.17) is 0 Å². The number of hydrogen-bond donors (Lipinski definition) is 0. The molecular weight excluding hydrogens is 411 g/mol. The Hall–Kier alpha value is -2.89. The van der Waals surface area contributed by atoms with Gasteiger partial charge in [-0.1, -0.05) is 56.2 Å². The molecule has 0 bridgehead atoms. The summed E-state index contributed by atoms with van der Waals surface area (Å²) < 4.78 is 72.4. The number of aryl methyl sites for hydroxylation is 1. The van der Waals surface area contributed by atoms with E-state index in [9.17, 15) is 22.0 Å². The molecule has 0 spiro atoms. The first kappa shape index (κ1) is 22.8. The third kappa shape index (κ3) is 5.63. The van der Waals surface area contributed by atoms with E-state index in [0.29, 0.717) is 11.1 Å². The number of unbranched alkanes of at least 4 members (excludes halogenated alkanes) is 2. The minimum Gasteiger partial charge on any atom is -0.484 e. The Morgan fingerprint density at radius 1 is 0.774 bits per heavy atom. The predicted octanol–water partition coefficient (Wildman–Crippen LogP) is 7.81. The molecule has 0 fully saturated rings. The van der Waals surface area contributed by atoms with Crippen LogP contribution >= 0.6 is 0 Å². The molecule has 0 aromatic heterocycles. The zero-order valence-corrected chi connectivity index (χ0v) is 17.1. The van der Waals surface area contributed by atoms with Crippen molar-refractivity contribution in [3.8, 4) is 28.0 Å². The zero-order valence-electron chi connectivity index (χ0n) is 17.1. The normalized spacial score (nSPS) is 11.2. The molecule has 0 N–H and O–H groups in total. The van der Waals surface area contributed by atoms with E-state index in [0.717, 1.165) is 37.8 Å². The molecule has 0 saturated carbocycles. The van der Waals surface area contributed by atoms with Gasteiger partial charge in [-0.15, -0.1) is 0 Å². The number of rotatable bonds is 9. The van der Waals surface area contributed by atoms with Gasteiger partial charge < -0.3 is 4.74 Å². The van der Waals surface area contributed by atoms with Crippen molar-refractivity contribution in [1.82, 2.24) is 0 Å². The fourth-order valence-corrected chi connectivity index (χ4v) is 3.37. The standard InChI is InChI=1S/C25H23F5O/c1-2-3-4-5-16-6-8-17(9-7-16)19-11-10-18(14-21(19)26)20-12-13-22(25(30)24(20)29)31-15-23(27)28/h6-14,23H,2-5,15H2,1H3. The quantitative estimate of drug-likeness (QED) is 0.246. The Kier molecular flexibility index (Phi) is 7.66. The van der Waals surface area contributed by atoms with Crippen molar-refractivity contribution in [2.75, 3.05) is 6.61 Å². The number of alkyl halides is 2. The molecule has 0 radical (unpaired) electrons. The highest BCUT2D eigenvalue weighted by Crippen LogP contribution is 2.33. The second-order valence-electron chi connectivity index (χ2n) is 7.29. The van der Waals surface area contributed by atoms with Gasteiger partial charge >= 0.3 is 0 Å². The highest BCUT2D eigenvalue weighted by Gasteiger charge is 2.18. The Morgan fingerprint density at radius 2 is 1.45 bits per heavy atom. The van der Waals surface area contributed by atoms with Crippen molar-refractivity contribution in [3.63, 3.8) is 0 Å². The molecule has 1 nitrogen and oxygen atoms in total. The molecule has 164 valence electrons. The van der Waals surface area contributed by atoms with Crippen molar-refractivity contribution in [2.45, 2.75) is 39.0 Å². The molecule has 6 heteroatoms. The summed E-state index contributed by atoms with van der Waals surface area (Å²) in [5.74, 6) is -3.86. The second kappa shape index (κ2) is 10.4. The first-order valence-electron chi connectivity index (χ1n) is 10.2. The number of hydrogen-bond acceptors (Lipinski definition) is 1. The lowest BCUT2D eigenvalue weighted by Crippen LogP contribution is -2.08. The second-order valence-corrected chi connectivity index (χ2v) is 7.29. The number of ether oxygens (including phenoxy) is 1. The molecule has 0 atom stereocenters. The molecule has 0 unspecified atom stereocenters. The summed E-state index contributed by atoms with van der Waals surface area (Å²) in [5.41, 5.74) is 2.17. The summed E-state index contributed by atoms with van der Waals surface area (Å²) in [4.78, 5) is 0. The van der Waals surface area contributed by atoms with E-state index in [1.54, 1.807) is 0 Å². The summed E-state index contributed by atoms with van der Waals surface area (Å²) in [6.45, 7) is 1.10. The first-order chi connectivity index (χ1) is 14.9. The van der Waals surface area contributed by atoms with Crippen LogP contribution in [-0.2, 0) is 6.42 Å². The van der Waals surface area contributed by atoms with Crippen molar-refractivity contribution >= 4 is 0 Å². The molecule has 0 aliphatic heterocycles. The SMILES string of the molecule is CCCCCc1ccc(-c2ccc(-c3ccc(OCC(F)F)c(F)c3F)cc2F)cc1. The van der Waals surface area contributed by atoms with Crippen LogP contribution in [0.5, 0.6) is 5.75 Å². The maximum absolute atomic E-state index is 14.8. The van der Waals surface area contributed by atoms with Gasteiger partial charge in [0.15, 0.2) is 11.6 Å². The monoisotopic (exact) mass is 434 g/mol. The lowest BCUT2D eigenvalue weighted by Gasteiger charge is -2.11. The third-order valence-electron chi connectivity index (χ3n) is 5.03. The van der Waals surface area contributed by atoms with Gasteiger partial charge in [0.25, 0.3) is 6.43 Å². The predicted molar refractivity (Wildman–Crippen MR) is 112 cm³/mol. The number of benzene rings is 3. The van der Waals surface area contributed by atoms with Crippen molar-refractivity contribution in [1.29, 1.82) is 0 Å². The molecule has 31 heavy (non-hydrogen) atoms. The van der Waals surface area contributed by atoms with E-state index in [1.807, 2.05) is 24.3 Å². The molecule has 0 heterocycles. The Balaban J connectivity index is 1.81. The first-order valence-corrected chi connectivity index (χ1v) is 10.2. The molecule has 3 aromatic rings. The van der Waals surface area contributed by atoms with E-state index in [1.165, 1.54) is 23.8 Å². The smallest absolute Gasteiger partial charge is 0.272 e. The molecule has 3 rings (SSSR count). The fraction of sp³-hybridized carbons (Fsp3) is 0.280. The Labute approximate surface area is 178 Å². The van der Waals surface area contributed by atoms with Gasteiger partial charge in [-0.05, 0) is 47.7 Å². The van der Waals surface area contributed by atoms with Crippen molar-refractivity contribution in [3.05, 3.63) is 77.6 Å². The Bertz CT molecular complexity index is 1020. The van der Waals surface area contributed by atoms with Gasteiger partial charge in [0.05, 0.1) is 0 Å². The topological polar surface area (TPSA) is 9.23 Å². The third-order valence-corrected chi connectivity index (χ3v) is 5.03. The maximum atomic E-state index is 14.8. The fourth-order valence-electron chi connectivity index (χ4n) is 3.37. The largest absolute Gasteiger partial charge is 0.484 e. The highest BCUT2D eigenvalue weighted by atomic mass is 19.3. The van der Waals surface area contributed by atoms with E-state index in [2.05, 4.69) is 11.7 Å². The van der Waals surface area contributed by atoms with Crippen LogP contribution in [0.4, 0.5) is 22.0 Å². The molecular formula is C25H23F5O. The summed E-state index contributed by atoms with van der Waals surface area (Å²) >= 11 is 0. The minimum atomic E-state index is -2.81. The van der Waals surface area contributed by atoms with Crippen LogP contribution in [0.15, 0.2) is 54.6 Å². The number of halogens is 5. The van der Waals surface area contributed by atoms with Crippen LogP contribution < -0.4 is 4.74 Å². The maximum Gasteiger partial charge on any atom is 0.272 e. The van der Waals surface area contributed by atoms with E-state index < -0.39 is 36.2 Å². The summed E-state index contributed by atoms with van der Waals surface area (Å²) in [6.07, 6.45) is 1.57. The van der Waals surface area contributed by atoms with Gasteiger partial charge in [0.1, 0.15) is 12.4 Å². The zero-order chi connectivity index (χ0) is 22.4. The van der Waals surface area contributed by atoms with Crippen LogP contribution in [0.3, 0.4) is 0 Å². The average Bonchev–Trinajstić information content (AvgIpc) is 2.75. The highest BCUT2D eigenvalue weighted by molar-refractivity contribution is 5.72. The lowest BCUT2D eigenvalue weighted by atomic mass is 9.97. The van der Waals surface area contributed by atoms with Crippen LogP contribution in [0.25, 0.3) is 22.3 Å². The van der Waals surface area contributed by atoms with Crippen LogP contribution in [-0.4, -0.2) is 13.0 Å². The molecule has 0 amide bonds. The summed E-state index contributed by atoms with van der Waals surface area (Å²) in [6, 6.07) is 14.0. The summed E-state index contributed by atoms with van der Waals surface area (Å²) in [7, 11) is 0. The van der Waals surface area contributed by atoms with Gasteiger partial charge in [0, 0.05) is 11.1 Å². The average molecular weight is 434 g/mol. The molecule has 0 aliphatic carbocycles. The molecule has 0 aliphatic rings. The lowest BCUT2D eigenvalue weighted by molar-refractivity contribution is 0.0795. The molecule has 0 saturated heterocycles. The van der Waals surface area contributed by atoms with Gasteiger partial charge in [-0.3, -0.25) is 0 Å². The molecule has 3 aromatic carbocycles. The van der Waals surface area contributed by atoms with Crippen molar-refractivity contribution in [2.24, 2.45) is 0 Å². The van der Waals surface area contributed by atoms with E-state index >= 15 is 0 Å². The minimum absolute atomic E-state index is 0.134. The van der Waals surface area contributed by atoms with E-state index in [-0.39, 0.29) is 11.1 Å². The van der Waals surface area contributed by atoms with Gasteiger partial charge in [-0.25, -0.2) is 17.6 Å². The van der Waals surface area contributed by atoms with Crippen LogP contribution in [0, 0.1) is 17.5 Å². The van der Waals surface area contributed by atoms with Gasteiger partial charge in [0.2, 0.25) is 5.82 Å². The summed E-state index contributed by atoms with van der Waals surface area (Å²) in [5, 5.41) is 0.